The second-order valence-electron chi connectivity index (χ2n) is 5.69. The molecule has 0 aromatic carbocycles. The van der Waals surface area contributed by atoms with Crippen LogP contribution in [0.1, 0.15) is 5.69 Å². The maximum atomic E-state index is 5.37. The van der Waals surface area contributed by atoms with Crippen molar-refractivity contribution in [3.8, 4) is 17.3 Å². The fraction of sp³-hybridized carbons (Fsp3) is 0.176. The van der Waals surface area contributed by atoms with Gasteiger partial charge in [-0.05, 0) is 13.0 Å². The van der Waals surface area contributed by atoms with Gasteiger partial charge in [0.2, 0.25) is 11.8 Å². The van der Waals surface area contributed by atoms with Crippen molar-refractivity contribution in [2.24, 2.45) is 0 Å². The van der Waals surface area contributed by atoms with Crippen LogP contribution in [0, 0.1) is 6.92 Å². The van der Waals surface area contributed by atoms with E-state index in [1.165, 1.54) is 0 Å². The first-order valence-corrected chi connectivity index (χ1v) is 8.17. The molecule has 10 nitrogen and oxygen atoms in total. The summed E-state index contributed by atoms with van der Waals surface area (Å²) in [6.07, 6.45) is 6.66. The maximum Gasteiger partial charge on any atom is 0.229 e. The van der Waals surface area contributed by atoms with Crippen molar-refractivity contribution in [2.45, 2.75) is 6.92 Å². The van der Waals surface area contributed by atoms with Gasteiger partial charge in [0.25, 0.3) is 0 Å². The largest absolute Gasteiger partial charge is 0.480 e. The molecule has 0 aliphatic rings. The molecule has 0 aliphatic carbocycles. The first-order valence-electron chi connectivity index (χ1n) is 8.17. The van der Waals surface area contributed by atoms with E-state index in [2.05, 4.69) is 40.7 Å². The van der Waals surface area contributed by atoms with Gasteiger partial charge in [-0.1, -0.05) is 0 Å². The van der Waals surface area contributed by atoms with Gasteiger partial charge in [-0.3, -0.25) is 4.98 Å². The first-order chi connectivity index (χ1) is 13.2. The number of fused-ring (bicyclic) bond motifs is 1. The molecule has 10 heteroatoms. The summed E-state index contributed by atoms with van der Waals surface area (Å²) in [5, 5.41) is 10.6. The average Bonchev–Trinajstić information content (AvgIpc) is 3.11. The van der Waals surface area contributed by atoms with E-state index >= 15 is 0 Å². The number of nitrogens with zero attached hydrogens (tertiary/aromatic N) is 7. The predicted octanol–water partition coefficient (Wildman–Crippen LogP) is 2.08. The number of aryl methyl sites for hydroxylation is 1. The van der Waals surface area contributed by atoms with E-state index in [0.29, 0.717) is 34.6 Å². The van der Waals surface area contributed by atoms with Gasteiger partial charge in [0.05, 0.1) is 30.8 Å². The van der Waals surface area contributed by atoms with Gasteiger partial charge in [-0.2, -0.15) is 4.98 Å². The normalized spacial score (nSPS) is 10.8. The van der Waals surface area contributed by atoms with Crippen LogP contribution in [-0.4, -0.2) is 48.7 Å². The third-order valence-corrected chi connectivity index (χ3v) is 3.79. The van der Waals surface area contributed by atoms with E-state index in [9.17, 15) is 0 Å². The first kappa shape index (κ1) is 16.6. The molecular weight excluding hydrogens is 346 g/mol. The van der Waals surface area contributed by atoms with Crippen molar-refractivity contribution < 1.29 is 4.74 Å². The monoisotopic (exact) mass is 363 g/mol. The Morgan fingerprint density at radius 3 is 2.78 bits per heavy atom. The topological polar surface area (TPSA) is 115 Å². The fourth-order valence-electron chi connectivity index (χ4n) is 2.58. The molecule has 0 radical (unpaired) electrons. The number of rotatable bonds is 5. The van der Waals surface area contributed by atoms with E-state index in [0.717, 1.165) is 11.5 Å². The van der Waals surface area contributed by atoms with Crippen LogP contribution >= 0.6 is 0 Å². The molecule has 4 heterocycles. The Labute approximate surface area is 154 Å². The Kier molecular flexibility index (Phi) is 4.21. The number of anilines is 3. The molecule has 27 heavy (non-hydrogen) atoms. The fourth-order valence-corrected chi connectivity index (χ4v) is 2.58. The molecule has 4 rings (SSSR count). The lowest BCUT2D eigenvalue weighted by Gasteiger charge is -2.10. The van der Waals surface area contributed by atoms with Gasteiger partial charge in [-0.15, -0.1) is 5.10 Å². The van der Waals surface area contributed by atoms with Crippen LogP contribution in [0.3, 0.4) is 0 Å². The van der Waals surface area contributed by atoms with Crippen molar-refractivity contribution in [2.75, 3.05) is 24.8 Å². The second-order valence-corrected chi connectivity index (χ2v) is 5.69. The van der Waals surface area contributed by atoms with E-state index in [1.54, 1.807) is 36.4 Å². The Morgan fingerprint density at radius 1 is 1.11 bits per heavy atom. The molecule has 0 saturated heterocycles. The lowest BCUT2D eigenvalue weighted by molar-refractivity contribution is 0.399. The highest BCUT2D eigenvalue weighted by Gasteiger charge is 2.15. The van der Waals surface area contributed by atoms with Gasteiger partial charge in [-0.25, -0.2) is 19.5 Å². The van der Waals surface area contributed by atoms with Crippen LogP contribution in [0.5, 0.6) is 5.88 Å². The highest BCUT2D eigenvalue weighted by Crippen LogP contribution is 2.29. The number of nitrogens with one attached hydrogen (secondary N) is 2. The van der Waals surface area contributed by atoms with Crippen molar-refractivity contribution in [1.29, 1.82) is 0 Å². The molecule has 136 valence electrons. The molecule has 0 amide bonds. The molecule has 2 N–H and O–H groups in total. The van der Waals surface area contributed by atoms with Crippen molar-refractivity contribution >= 4 is 23.1 Å². The van der Waals surface area contributed by atoms with Crippen LogP contribution in [0.25, 0.3) is 17.0 Å². The van der Waals surface area contributed by atoms with Gasteiger partial charge < -0.3 is 15.4 Å². The molecule has 0 bridgehead atoms. The number of pyridine rings is 1. The van der Waals surface area contributed by atoms with Crippen molar-refractivity contribution in [3.05, 3.63) is 42.6 Å². The summed E-state index contributed by atoms with van der Waals surface area (Å²) in [5.41, 5.74) is 2.81. The zero-order valence-electron chi connectivity index (χ0n) is 15.0. The number of ether oxygens (including phenoxy) is 1. The summed E-state index contributed by atoms with van der Waals surface area (Å²) in [7, 11) is 3.36. The molecule has 4 aromatic heterocycles. The lowest BCUT2D eigenvalue weighted by Crippen LogP contribution is -2.03. The third-order valence-electron chi connectivity index (χ3n) is 3.79. The van der Waals surface area contributed by atoms with Crippen LogP contribution in [0.4, 0.5) is 17.5 Å². The SMILES string of the molecule is CNc1cc(C)nc(Nc2cnc(OC)c(-c3nc4cnccn4n3)c2)n1. The predicted molar refractivity (Wildman–Crippen MR) is 100 cm³/mol. The molecule has 4 aromatic rings. The molecular formula is C17H17N9O. The van der Waals surface area contributed by atoms with E-state index in [1.807, 2.05) is 26.1 Å². The minimum atomic E-state index is 0.422. The van der Waals surface area contributed by atoms with Crippen molar-refractivity contribution in [3.63, 3.8) is 0 Å². The quantitative estimate of drug-likeness (QED) is 0.550. The molecule has 0 aliphatic heterocycles. The van der Waals surface area contributed by atoms with Gasteiger partial charge in [0, 0.05) is 31.2 Å². The standard InChI is InChI=1S/C17H17N9O/c1-10-6-13(18-2)23-17(21-10)22-11-7-12(16(27-3)20-8-11)15-24-14-9-19-4-5-26(14)25-15/h4-9H,1-3H3,(H2,18,21,22,23). The minimum absolute atomic E-state index is 0.422. The van der Waals surface area contributed by atoms with Crippen molar-refractivity contribution in [1.82, 2.24) is 34.5 Å². The Hall–Kier alpha value is -3.82. The smallest absolute Gasteiger partial charge is 0.229 e. The summed E-state index contributed by atoms with van der Waals surface area (Å²) < 4.78 is 7.02. The van der Waals surface area contributed by atoms with Gasteiger partial charge in [0.15, 0.2) is 11.5 Å². The Bertz CT molecular complexity index is 1080. The summed E-state index contributed by atoms with van der Waals surface area (Å²) in [5.74, 6) is 2.09. The average molecular weight is 363 g/mol. The Balaban J connectivity index is 1.73. The summed E-state index contributed by atoms with van der Waals surface area (Å²) in [6.45, 7) is 1.90. The zero-order chi connectivity index (χ0) is 18.8. The highest BCUT2D eigenvalue weighted by molar-refractivity contribution is 5.69. The number of hydrogen-bond acceptors (Lipinski definition) is 9. The molecule has 0 spiro atoms. The zero-order valence-corrected chi connectivity index (χ0v) is 15.0. The van der Waals surface area contributed by atoms with E-state index in [-0.39, 0.29) is 0 Å². The van der Waals surface area contributed by atoms with E-state index < -0.39 is 0 Å². The van der Waals surface area contributed by atoms with E-state index in [4.69, 9.17) is 4.74 Å². The summed E-state index contributed by atoms with van der Waals surface area (Å²) in [6, 6.07) is 3.70. The molecule has 0 unspecified atom stereocenters. The second kappa shape index (κ2) is 6.83. The lowest BCUT2D eigenvalue weighted by atomic mass is 10.2. The van der Waals surface area contributed by atoms with Crippen LogP contribution in [0.15, 0.2) is 36.9 Å². The van der Waals surface area contributed by atoms with Crippen LogP contribution < -0.4 is 15.4 Å². The number of aromatic nitrogens is 7. The van der Waals surface area contributed by atoms with Crippen LogP contribution in [0.2, 0.25) is 0 Å². The number of hydrogen-bond donors (Lipinski definition) is 2. The third kappa shape index (κ3) is 3.32. The van der Waals surface area contributed by atoms with Gasteiger partial charge >= 0.3 is 0 Å². The maximum absolute atomic E-state index is 5.37. The number of methoxy groups -OCH3 is 1. The molecule has 0 fully saturated rings. The molecule has 0 saturated carbocycles. The van der Waals surface area contributed by atoms with Gasteiger partial charge in [0.1, 0.15) is 5.82 Å². The summed E-state index contributed by atoms with van der Waals surface area (Å²) in [4.78, 5) is 21.7. The van der Waals surface area contributed by atoms with Crippen LogP contribution in [-0.2, 0) is 0 Å². The molecule has 0 atom stereocenters. The minimum Gasteiger partial charge on any atom is -0.480 e. The Morgan fingerprint density at radius 2 is 2.00 bits per heavy atom. The highest BCUT2D eigenvalue weighted by atomic mass is 16.5. The summed E-state index contributed by atoms with van der Waals surface area (Å²) >= 11 is 0.